The Morgan fingerprint density at radius 1 is 1.00 bits per heavy atom. The standard InChI is InChI=1S/C30H39ClN6O3S/c1-3-19-41(38,39)28-10-6-5-9-26(28)33-29-24(31)21-32-30(35-29)34-25-12-11-23(20-27(25)40-2)37-17-13-22(14-18-37)36-15-7-4-8-16-36/h5-6,9-12,20-22H,3-4,7-8,13-19H2,1-2H3,(H2,32,33,34,35). The maximum atomic E-state index is 12.8. The highest BCUT2D eigenvalue weighted by Crippen LogP contribution is 2.34. The number of benzene rings is 2. The van der Waals surface area contributed by atoms with E-state index in [1.807, 2.05) is 19.1 Å². The Balaban J connectivity index is 1.29. The molecule has 0 bridgehead atoms. The third-order valence-corrected chi connectivity index (χ3v) is 10.1. The summed E-state index contributed by atoms with van der Waals surface area (Å²) in [6, 6.07) is 13.6. The summed E-state index contributed by atoms with van der Waals surface area (Å²) < 4.78 is 31.3. The molecular formula is C30H39ClN6O3S. The molecule has 0 saturated carbocycles. The fourth-order valence-corrected chi connectivity index (χ4v) is 7.37. The SMILES string of the molecule is CCCS(=O)(=O)c1ccccc1Nc1nc(Nc2ccc(N3CCC(N4CCCCC4)CC3)cc2OC)ncc1Cl. The quantitative estimate of drug-likeness (QED) is 0.280. The second-order valence-electron chi connectivity index (χ2n) is 10.7. The number of rotatable bonds is 10. The second-order valence-corrected chi connectivity index (χ2v) is 13.1. The Hall–Kier alpha value is -3.08. The molecule has 9 nitrogen and oxygen atoms in total. The van der Waals surface area contributed by atoms with Crippen LogP contribution in [0.2, 0.25) is 5.02 Å². The molecule has 0 aliphatic carbocycles. The minimum Gasteiger partial charge on any atom is -0.494 e. The van der Waals surface area contributed by atoms with E-state index < -0.39 is 9.84 Å². The summed E-state index contributed by atoms with van der Waals surface area (Å²) in [5.74, 6) is 1.35. The largest absolute Gasteiger partial charge is 0.494 e. The van der Waals surface area contributed by atoms with Crippen LogP contribution in [-0.4, -0.2) is 68.4 Å². The van der Waals surface area contributed by atoms with Crippen molar-refractivity contribution in [2.24, 2.45) is 0 Å². The van der Waals surface area contributed by atoms with Crippen molar-refractivity contribution >= 4 is 50.3 Å². The number of halogens is 1. The third-order valence-electron chi connectivity index (χ3n) is 7.86. The number of piperidine rings is 2. The molecular weight excluding hydrogens is 560 g/mol. The average Bonchev–Trinajstić information content (AvgIpc) is 3.00. The first-order valence-electron chi connectivity index (χ1n) is 14.4. The number of nitrogens with one attached hydrogen (secondary N) is 2. The van der Waals surface area contributed by atoms with Gasteiger partial charge in [0, 0.05) is 30.9 Å². The zero-order chi connectivity index (χ0) is 28.8. The molecule has 2 fully saturated rings. The minimum absolute atomic E-state index is 0.0578. The van der Waals surface area contributed by atoms with Crippen molar-refractivity contribution in [3.05, 3.63) is 53.7 Å². The predicted octanol–water partition coefficient (Wildman–Crippen LogP) is 6.26. The van der Waals surface area contributed by atoms with Crippen molar-refractivity contribution in [1.82, 2.24) is 14.9 Å². The molecule has 3 heterocycles. The van der Waals surface area contributed by atoms with Crippen LogP contribution >= 0.6 is 11.6 Å². The molecule has 5 rings (SSSR count). The van der Waals surface area contributed by atoms with Gasteiger partial charge in [-0.1, -0.05) is 37.1 Å². The summed E-state index contributed by atoms with van der Waals surface area (Å²) in [6.45, 7) is 6.39. The van der Waals surface area contributed by atoms with Crippen molar-refractivity contribution in [3.8, 4) is 5.75 Å². The van der Waals surface area contributed by atoms with E-state index in [1.165, 1.54) is 51.4 Å². The van der Waals surface area contributed by atoms with Gasteiger partial charge in [-0.15, -0.1) is 0 Å². The van der Waals surface area contributed by atoms with E-state index in [4.69, 9.17) is 16.3 Å². The molecule has 0 radical (unpaired) electrons. The van der Waals surface area contributed by atoms with Crippen LogP contribution in [0.3, 0.4) is 0 Å². The Labute approximate surface area is 248 Å². The maximum absolute atomic E-state index is 12.8. The highest BCUT2D eigenvalue weighted by molar-refractivity contribution is 7.91. The summed E-state index contributed by atoms with van der Waals surface area (Å²) in [6.07, 6.45) is 8.39. The van der Waals surface area contributed by atoms with Gasteiger partial charge < -0.3 is 25.2 Å². The van der Waals surface area contributed by atoms with Gasteiger partial charge in [0.25, 0.3) is 0 Å². The van der Waals surface area contributed by atoms with E-state index in [0.717, 1.165) is 24.5 Å². The monoisotopic (exact) mass is 598 g/mol. The average molecular weight is 599 g/mol. The summed E-state index contributed by atoms with van der Waals surface area (Å²) in [4.78, 5) is 14.2. The summed E-state index contributed by atoms with van der Waals surface area (Å²) in [5, 5.41) is 6.60. The van der Waals surface area contributed by atoms with Gasteiger partial charge in [-0.05, 0) is 69.5 Å². The first kappa shape index (κ1) is 29.4. The van der Waals surface area contributed by atoms with E-state index in [2.05, 4.69) is 36.5 Å². The zero-order valence-corrected chi connectivity index (χ0v) is 25.3. The van der Waals surface area contributed by atoms with Crippen LogP contribution in [0.4, 0.5) is 28.8 Å². The fourth-order valence-electron chi connectivity index (χ4n) is 5.74. The van der Waals surface area contributed by atoms with Crippen LogP contribution in [0.1, 0.15) is 45.4 Å². The predicted molar refractivity (Wildman–Crippen MR) is 166 cm³/mol. The molecule has 220 valence electrons. The van der Waals surface area contributed by atoms with Crippen LogP contribution < -0.4 is 20.3 Å². The van der Waals surface area contributed by atoms with Gasteiger partial charge >= 0.3 is 0 Å². The molecule has 2 N–H and O–H groups in total. The molecule has 1 aromatic heterocycles. The smallest absolute Gasteiger partial charge is 0.229 e. The normalized spacial score (nSPS) is 16.9. The summed E-state index contributed by atoms with van der Waals surface area (Å²) in [7, 11) is -1.80. The van der Waals surface area contributed by atoms with E-state index in [9.17, 15) is 8.42 Å². The molecule has 2 aliphatic rings. The summed E-state index contributed by atoms with van der Waals surface area (Å²) >= 11 is 6.40. The van der Waals surface area contributed by atoms with Crippen molar-refractivity contribution in [2.75, 3.05) is 54.6 Å². The first-order chi connectivity index (χ1) is 19.9. The van der Waals surface area contributed by atoms with Crippen LogP contribution in [0.25, 0.3) is 0 Å². The number of nitrogens with zero attached hydrogens (tertiary/aromatic N) is 4. The number of hydrogen-bond donors (Lipinski definition) is 2. The van der Waals surface area contributed by atoms with Crippen molar-refractivity contribution in [3.63, 3.8) is 0 Å². The molecule has 3 aromatic rings. The minimum atomic E-state index is -3.45. The highest BCUT2D eigenvalue weighted by atomic mass is 35.5. The second kappa shape index (κ2) is 13.3. The lowest BCUT2D eigenvalue weighted by atomic mass is 9.99. The van der Waals surface area contributed by atoms with Crippen LogP contribution in [0.15, 0.2) is 53.6 Å². The number of likely N-dealkylation sites (tertiary alicyclic amines) is 1. The topological polar surface area (TPSA) is 99.7 Å². The Morgan fingerprint density at radius 3 is 2.49 bits per heavy atom. The molecule has 2 aliphatic heterocycles. The van der Waals surface area contributed by atoms with E-state index in [1.54, 1.807) is 31.4 Å². The van der Waals surface area contributed by atoms with E-state index in [-0.39, 0.29) is 15.7 Å². The Kier molecular flexibility index (Phi) is 9.52. The van der Waals surface area contributed by atoms with Crippen molar-refractivity contribution in [1.29, 1.82) is 0 Å². The Morgan fingerprint density at radius 2 is 1.76 bits per heavy atom. The molecule has 2 saturated heterocycles. The highest BCUT2D eigenvalue weighted by Gasteiger charge is 2.26. The third kappa shape index (κ3) is 7.05. The van der Waals surface area contributed by atoms with Crippen LogP contribution in [0, 0.1) is 0 Å². The van der Waals surface area contributed by atoms with Gasteiger partial charge in [-0.3, -0.25) is 0 Å². The number of hydrogen-bond acceptors (Lipinski definition) is 9. The number of anilines is 5. The lowest BCUT2D eigenvalue weighted by Gasteiger charge is -2.41. The molecule has 2 aromatic carbocycles. The van der Waals surface area contributed by atoms with Gasteiger partial charge in [0.2, 0.25) is 5.95 Å². The van der Waals surface area contributed by atoms with Gasteiger partial charge in [0.05, 0.1) is 35.3 Å². The van der Waals surface area contributed by atoms with E-state index >= 15 is 0 Å². The molecule has 0 amide bonds. The van der Waals surface area contributed by atoms with Crippen molar-refractivity contribution < 1.29 is 13.2 Å². The van der Waals surface area contributed by atoms with Gasteiger partial charge in [0.1, 0.15) is 10.8 Å². The van der Waals surface area contributed by atoms with Crippen LogP contribution in [-0.2, 0) is 9.84 Å². The molecule has 41 heavy (non-hydrogen) atoms. The number of aromatic nitrogens is 2. The lowest BCUT2D eigenvalue weighted by molar-refractivity contribution is 0.141. The zero-order valence-electron chi connectivity index (χ0n) is 23.8. The molecule has 11 heteroatoms. The van der Waals surface area contributed by atoms with Gasteiger partial charge in [-0.2, -0.15) is 4.98 Å². The molecule has 0 atom stereocenters. The number of sulfone groups is 1. The maximum Gasteiger partial charge on any atom is 0.229 e. The molecule has 0 spiro atoms. The van der Waals surface area contributed by atoms with Gasteiger partial charge in [0.15, 0.2) is 15.7 Å². The number of para-hydroxylation sites is 1. The van der Waals surface area contributed by atoms with Gasteiger partial charge in [-0.25, -0.2) is 13.4 Å². The molecule has 0 unspecified atom stereocenters. The fraction of sp³-hybridized carbons (Fsp3) is 0.467. The Bertz CT molecular complexity index is 1440. The van der Waals surface area contributed by atoms with Crippen LogP contribution in [0.5, 0.6) is 5.75 Å². The van der Waals surface area contributed by atoms with Crippen molar-refractivity contribution in [2.45, 2.75) is 56.4 Å². The summed E-state index contributed by atoms with van der Waals surface area (Å²) in [5.41, 5.74) is 2.27. The van der Waals surface area contributed by atoms with E-state index in [0.29, 0.717) is 35.7 Å². The lowest BCUT2D eigenvalue weighted by Crippen LogP contribution is -2.46. The number of ether oxygens (including phenoxy) is 1. The first-order valence-corrected chi connectivity index (χ1v) is 16.5. The number of methoxy groups -OCH3 is 1.